The number of esters is 2. The number of aliphatic hydroxyl groups is 1. The van der Waals surface area contributed by atoms with E-state index >= 15 is 0 Å². The molecule has 1 fully saturated rings. The predicted molar refractivity (Wildman–Crippen MR) is 101 cm³/mol. The molecule has 0 aromatic heterocycles. The molecule has 0 aromatic carbocycles. The molecule has 0 unspecified atom stereocenters. The molecule has 1 N–H and O–H groups in total. The summed E-state index contributed by atoms with van der Waals surface area (Å²) < 4.78 is 16.1. The van der Waals surface area contributed by atoms with Gasteiger partial charge in [-0.1, -0.05) is 12.7 Å². The molecule has 2 aliphatic rings. The Hall–Kier alpha value is -2.51. The van der Waals surface area contributed by atoms with Crippen molar-refractivity contribution < 1.29 is 33.7 Å². The Morgan fingerprint density at radius 1 is 1.46 bits per heavy atom. The second-order valence-electron chi connectivity index (χ2n) is 7.22. The zero-order valence-electron chi connectivity index (χ0n) is 16.6. The van der Waals surface area contributed by atoms with Gasteiger partial charge < -0.3 is 19.3 Å². The summed E-state index contributed by atoms with van der Waals surface area (Å²) >= 11 is 0. The van der Waals surface area contributed by atoms with E-state index in [1.807, 2.05) is 0 Å². The van der Waals surface area contributed by atoms with Crippen LogP contribution in [-0.2, 0) is 28.6 Å². The van der Waals surface area contributed by atoms with Gasteiger partial charge >= 0.3 is 11.9 Å². The lowest BCUT2D eigenvalue weighted by molar-refractivity contribution is -0.150. The molecular weight excluding hydrogens is 364 g/mol. The normalized spacial score (nSPS) is 34.2. The zero-order valence-corrected chi connectivity index (χ0v) is 16.6. The molecule has 28 heavy (non-hydrogen) atoms. The zero-order chi connectivity index (χ0) is 21.1. The third kappa shape index (κ3) is 4.85. The minimum Gasteiger partial charge on any atom is -0.458 e. The number of rotatable bonds is 4. The van der Waals surface area contributed by atoms with Crippen LogP contribution in [0.1, 0.15) is 27.2 Å². The molecule has 0 bridgehead atoms. The molecular formula is C21H26O7. The summed E-state index contributed by atoms with van der Waals surface area (Å²) in [6.45, 7) is 8.59. The number of hydrogen-bond acceptors (Lipinski definition) is 7. The van der Waals surface area contributed by atoms with Gasteiger partial charge in [-0.15, -0.1) is 0 Å². The predicted octanol–water partition coefficient (Wildman–Crippen LogP) is 1.81. The van der Waals surface area contributed by atoms with Crippen molar-refractivity contribution in [2.24, 2.45) is 5.92 Å². The Labute approximate surface area is 164 Å². The van der Waals surface area contributed by atoms with Crippen molar-refractivity contribution in [3.63, 3.8) is 0 Å². The summed E-state index contributed by atoms with van der Waals surface area (Å²) in [5, 5.41) is 10.7. The van der Waals surface area contributed by atoms with Crippen molar-refractivity contribution in [2.75, 3.05) is 13.7 Å². The highest BCUT2D eigenvalue weighted by Gasteiger charge is 2.46. The largest absolute Gasteiger partial charge is 0.458 e. The monoisotopic (exact) mass is 390 g/mol. The van der Waals surface area contributed by atoms with E-state index in [2.05, 4.69) is 6.58 Å². The maximum Gasteiger partial charge on any atom is 0.334 e. The number of ketones is 1. The summed E-state index contributed by atoms with van der Waals surface area (Å²) in [5.41, 5.74) is -0.674. The first-order valence-corrected chi connectivity index (χ1v) is 8.99. The fourth-order valence-electron chi connectivity index (χ4n) is 3.16. The highest BCUT2D eigenvalue weighted by molar-refractivity contribution is 6.04. The van der Waals surface area contributed by atoms with Crippen LogP contribution in [-0.4, -0.2) is 54.4 Å². The number of hydrogen-bond donors (Lipinski definition) is 1. The first-order chi connectivity index (χ1) is 13.1. The van der Waals surface area contributed by atoms with Crippen LogP contribution in [0.3, 0.4) is 0 Å². The average Bonchev–Trinajstić information content (AvgIpc) is 2.91. The molecule has 0 spiro atoms. The highest BCUT2D eigenvalue weighted by Crippen LogP contribution is 2.37. The maximum atomic E-state index is 12.4. The molecule has 7 heteroatoms. The van der Waals surface area contributed by atoms with Gasteiger partial charge in [-0.3, -0.25) is 4.79 Å². The Morgan fingerprint density at radius 2 is 2.14 bits per heavy atom. The Balaban J connectivity index is 2.53. The molecule has 1 aliphatic carbocycles. The van der Waals surface area contributed by atoms with Gasteiger partial charge in [0, 0.05) is 30.2 Å². The summed E-state index contributed by atoms with van der Waals surface area (Å²) in [4.78, 5) is 37.0. The molecule has 1 saturated heterocycles. The highest BCUT2D eigenvalue weighted by atomic mass is 16.6. The van der Waals surface area contributed by atoms with E-state index in [0.29, 0.717) is 5.57 Å². The standard InChI is InChI=1S/C21H26O7/c1-6-12(2)19(23)28-17-10-21(4,25)8-7-15(22)14(11-26-5)9-16-18(17)13(3)20(24)27-16/h6-9,16-18,25H,3,10-11H2,1-2,4-5H3/b8-7+,12-6-,14-9-/t16-,17-,18+,21+/m1/s1. The molecule has 4 atom stereocenters. The van der Waals surface area contributed by atoms with E-state index in [1.54, 1.807) is 19.9 Å². The molecule has 0 amide bonds. The van der Waals surface area contributed by atoms with Crippen molar-refractivity contribution in [1.82, 2.24) is 0 Å². The molecule has 1 aliphatic heterocycles. The van der Waals surface area contributed by atoms with Crippen LogP contribution in [0.15, 0.2) is 47.6 Å². The summed E-state index contributed by atoms with van der Waals surface area (Å²) in [5.74, 6) is -2.30. The second-order valence-corrected chi connectivity index (χ2v) is 7.22. The van der Waals surface area contributed by atoms with Crippen LogP contribution in [0.5, 0.6) is 0 Å². The lowest BCUT2D eigenvalue weighted by Gasteiger charge is -2.31. The van der Waals surface area contributed by atoms with Gasteiger partial charge in [0.25, 0.3) is 0 Å². The van der Waals surface area contributed by atoms with E-state index in [0.717, 1.165) is 0 Å². The van der Waals surface area contributed by atoms with Crippen LogP contribution in [0.2, 0.25) is 0 Å². The van der Waals surface area contributed by atoms with Crippen LogP contribution in [0.25, 0.3) is 0 Å². The van der Waals surface area contributed by atoms with Gasteiger partial charge in [0.15, 0.2) is 5.78 Å². The molecule has 0 radical (unpaired) electrons. The fourth-order valence-corrected chi connectivity index (χ4v) is 3.16. The quantitative estimate of drug-likeness (QED) is 0.577. The van der Waals surface area contributed by atoms with Gasteiger partial charge in [0.05, 0.1) is 18.1 Å². The third-order valence-electron chi connectivity index (χ3n) is 4.87. The summed E-state index contributed by atoms with van der Waals surface area (Å²) in [6.07, 6.45) is 3.91. The van der Waals surface area contributed by atoms with E-state index in [1.165, 1.54) is 32.3 Å². The van der Waals surface area contributed by atoms with E-state index < -0.39 is 35.7 Å². The molecule has 1 heterocycles. The SMILES string of the molecule is C=C1C(=O)O[C@@H]2/C=C(/COC)C(=O)/C=C/[C@](C)(O)C[C@@H](OC(=O)/C(C)=C\C)[C@@H]12. The fraction of sp³-hybridized carbons (Fsp3) is 0.476. The topological polar surface area (TPSA) is 99.1 Å². The third-order valence-corrected chi connectivity index (χ3v) is 4.87. The Kier molecular flexibility index (Phi) is 6.74. The number of fused-ring (bicyclic) bond motifs is 1. The van der Waals surface area contributed by atoms with Gasteiger partial charge in [0.1, 0.15) is 12.2 Å². The minimum atomic E-state index is -1.46. The van der Waals surface area contributed by atoms with Crippen LogP contribution in [0, 0.1) is 5.92 Å². The minimum absolute atomic E-state index is 0.000692. The van der Waals surface area contributed by atoms with Crippen LogP contribution >= 0.6 is 0 Å². The van der Waals surface area contributed by atoms with E-state index in [-0.39, 0.29) is 30.0 Å². The van der Waals surface area contributed by atoms with Crippen molar-refractivity contribution in [3.8, 4) is 0 Å². The van der Waals surface area contributed by atoms with E-state index in [9.17, 15) is 19.5 Å². The first-order valence-electron chi connectivity index (χ1n) is 8.99. The van der Waals surface area contributed by atoms with Crippen LogP contribution < -0.4 is 0 Å². The Morgan fingerprint density at radius 3 is 2.75 bits per heavy atom. The van der Waals surface area contributed by atoms with Gasteiger partial charge in [-0.05, 0) is 39.0 Å². The molecule has 0 aromatic rings. The van der Waals surface area contributed by atoms with Gasteiger partial charge in [-0.2, -0.15) is 0 Å². The number of methoxy groups -OCH3 is 1. The van der Waals surface area contributed by atoms with Gasteiger partial charge in [0.2, 0.25) is 0 Å². The maximum absolute atomic E-state index is 12.4. The number of ether oxygens (including phenoxy) is 3. The lowest BCUT2D eigenvalue weighted by atomic mass is 9.82. The Bertz CT molecular complexity index is 770. The van der Waals surface area contributed by atoms with Gasteiger partial charge in [-0.25, -0.2) is 9.59 Å². The number of carbonyl (C=O) groups is 3. The second kappa shape index (κ2) is 8.67. The number of allylic oxidation sites excluding steroid dienone is 2. The smallest absolute Gasteiger partial charge is 0.334 e. The molecule has 152 valence electrons. The van der Waals surface area contributed by atoms with E-state index in [4.69, 9.17) is 14.2 Å². The number of carbonyl (C=O) groups excluding carboxylic acids is 3. The molecule has 2 rings (SSSR count). The summed E-state index contributed by atoms with van der Waals surface area (Å²) in [7, 11) is 1.44. The molecule has 0 saturated carbocycles. The first kappa shape index (κ1) is 21.8. The average molecular weight is 390 g/mol. The van der Waals surface area contributed by atoms with Crippen molar-refractivity contribution in [1.29, 1.82) is 0 Å². The van der Waals surface area contributed by atoms with Crippen molar-refractivity contribution in [2.45, 2.75) is 45.0 Å². The van der Waals surface area contributed by atoms with Crippen molar-refractivity contribution in [3.05, 3.63) is 47.6 Å². The summed E-state index contributed by atoms with van der Waals surface area (Å²) in [6, 6.07) is 0. The molecule has 7 nitrogen and oxygen atoms in total. The van der Waals surface area contributed by atoms with Crippen molar-refractivity contribution >= 4 is 17.7 Å². The van der Waals surface area contributed by atoms with Crippen LogP contribution in [0.4, 0.5) is 0 Å². The lowest BCUT2D eigenvalue weighted by Crippen LogP contribution is -2.40.